The fourth-order valence-corrected chi connectivity index (χ4v) is 1.20. The molecule has 0 bridgehead atoms. The van der Waals surface area contributed by atoms with Crippen LogP contribution in [0.4, 0.5) is 5.69 Å². The van der Waals surface area contributed by atoms with Gasteiger partial charge >= 0.3 is 0 Å². The lowest BCUT2D eigenvalue weighted by molar-refractivity contribution is 0.981. The van der Waals surface area contributed by atoms with Crippen LogP contribution >= 0.6 is 11.6 Å². The molecule has 1 heterocycles. The first-order valence-electron chi connectivity index (χ1n) is 3.67. The van der Waals surface area contributed by atoms with Crippen molar-refractivity contribution in [1.82, 2.24) is 4.98 Å². The molecule has 1 rings (SSSR count). The number of anilines is 1. The molecule has 0 aliphatic heterocycles. The summed E-state index contributed by atoms with van der Waals surface area (Å²) < 4.78 is 0. The zero-order valence-electron chi connectivity index (χ0n) is 7.21. The maximum Gasteiger partial charge on any atom is 0.0822 e. The first-order chi connectivity index (χ1) is 5.65. The molecule has 0 saturated heterocycles. The second kappa shape index (κ2) is 3.74. The Hall–Kier alpha value is -0.800. The van der Waals surface area contributed by atoms with Crippen molar-refractivity contribution in [2.75, 3.05) is 19.0 Å². The summed E-state index contributed by atoms with van der Waals surface area (Å²) in [6, 6.07) is 1.89. The van der Waals surface area contributed by atoms with Crippen LogP contribution in [0.5, 0.6) is 0 Å². The van der Waals surface area contributed by atoms with Crippen molar-refractivity contribution >= 4 is 17.3 Å². The highest BCUT2D eigenvalue weighted by Crippen LogP contribution is 2.23. The lowest BCUT2D eigenvalue weighted by Gasteiger charge is -2.14. The van der Waals surface area contributed by atoms with Gasteiger partial charge in [-0.05, 0) is 6.07 Å². The van der Waals surface area contributed by atoms with E-state index in [-0.39, 0.29) is 0 Å². The van der Waals surface area contributed by atoms with Crippen LogP contribution < -0.4 is 10.6 Å². The topological polar surface area (TPSA) is 42.1 Å². The second-order valence-corrected chi connectivity index (χ2v) is 3.13. The Bertz CT molecular complexity index is 273. The molecule has 0 spiro atoms. The fourth-order valence-electron chi connectivity index (χ4n) is 0.924. The van der Waals surface area contributed by atoms with Gasteiger partial charge in [-0.2, -0.15) is 0 Å². The summed E-state index contributed by atoms with van der Waals surface area (Å²) in [5.74, 6) is 0. The van der Waals surface area contributed by atoms with E-state index in [2.05, 4.69) is 4.98 Å². The zero-order valence-corrected chi connectivity index (χ0v) is 7.97. The minimum absolute atomic E-state index is 0.442. The summed E-state index contributed by atoms with van der Waals surface area (Å²) in [6.45, 7) is 0.442. The predicted octanol–water partition coefficient (Wildman–Crippen LogP) is 1.26. The number of hydrogen-bond donors (Lipinski definition) is 1. The fraction of sp³-hybridized carbons (Fsp3) is 0.375. The summed E-state index contributed by atoms with van der Waals surface area (Å²) >= 11 is 5.90. The molecule has 0 unspecified atom stereocenters. The van der Waals surface area contributed by atoms with Crippen LogP contribution in [0.3, 0.4) is 0 Å². The van der Waals surface area contributed by atoms with Crippen molar-refractivity contribution in [3.63, 3.8) is 0 Å². The van der Waals surface area contributed by atoms with E-state index in [0.717, 1.165) is 11.4 Å². The lowest BCUT2D eigenvalue weighted by atomic mass is 10.3. The van der Waals surface area contributed by atoms with Crippen molar-refractivity contribution < 1.29 is 0 Å². The van der Waals surface area contributed by atoms with Crippen LogP contribution in [-0.4, -0.2) is 19.1 Å². The average Bonchev–Trinajstić information content (AvgIpc) is 2.05. The SMILES string of the molecule is CN(C)c1cc(CN)ncc1Cl. The van der Waals surface area contributed by atoms with E-state index >= 15 is 0 Å². The standard InChI is InChI=1S/C8H12ClN3/c1-12(2)8-3-6(4-10)11-5-7(8)9/h3,5H,4,10H2,1-2H3. The van der Waals surface area contributed by atoms with Gasteiger partial charge in [0.2, 0.25) is 0 Å². The van der Waals surface area contributed by atoms with Gasteiger partial charge in [-0.25, -0.2) is 0 Å². The number of pyridine rings is 1. The molecular formula is C8H12ClN3. The third-order valence-corrected chi connectivity index (χ3v) is 1.87. The number of rotatable bonds is 2. The van der Waals surface area contributed by atoms with Crippen LogP contribution in [0.1, 0.15) is 5.69 Å². The molecule has 3 nitrogen and oxygen atoms in total. The Morgan fingerprint density at radius 3 is 2.75 bits per heavy atom. The van der Waals surface area contributed by atoms with Gasteiger partial charge in [0, 0.05) is 26.8 Å². The molecule has 0 aliphatic carbocycles. The maximum atomic E-state index is 5.90. The molecule has 0 radical (unpaired) electrons. The van der Waals surface area contributed by atoms with E-state index in [4.69, 9.17) is 17.3 Å². The molecule has 0 fully saturated rings. The van der Waals surface area contributed by atoms with E-state index in [1.54, 1.807) is 6.20 Å². The lowest BCUT2D eigenvalue weighted by Crippen LogP contribution is -2.11. The number of nitrogens with zero attached hydrogens (tertiary/aromatic N) is 2. The quantitative estimate of drug-likeness (QED) is 0.755. The second-order valence-electron chi connectivity index (χ2n) is 2.73. The molecule has 0 aromatic carbocycles. The minimum Gasteiger partial charge on any atom is -0.376 e. The van der Waals surface area contributed by atoms with Crippen LogP contribution in [0.2, 0.25) is 5.02 Å². The van der Waals surface area contributed by atoms with Crippen molar-refractivity contribution in [2.24, 2.45) is 5.73 Å². The van der Waals surface area contributed by atoms with E-state index in [1.807, 2.05) is 25.1 Å². The highest BCUT2D eigenvalue weighted by atomic mass is 35.5. The largest absolute Gasteiger partial charge is 0.376 e. The van der Waals surface area contributed by atoms with Gasteiger partial charge in [-0.1, -0.05) is 11.6 Å². The van der Waals surface area contributed by atoms with Crippen LogP contribution in [0.25, 0.3) is 0 Å². The number of nitrogens with two attached hydrogens (primary N) is 1. The maximum absolute atomic E-state index is 5.90. The van der Waals surface area contributed by atoms with E-state index in [9.17, 15) is 0 Å². The molecule has 1 aromatic rings. The summed E-state index contributed by atoms with van der Waals surface area (Å²) in [7, 11) is 3.86. The van der Waals surface area contributed by atoms with Gasteiger partial charge in [0.25, 0.3) is 0 Å². The monoisotopic (exact) mass is 185 g/mol. The minimum atomic E-state index is 0.442. The van der Waals surface area contributed by atoms with Crippen LogP contribution in [0, 0.1) is 0 Å². The Morgan fingerprint density at radius 2 is 2.25 bits per heavy atom. The third kappa shape index (κ3) is 1.87. The molecule has 66 valence electrons. The summed E-state index contributed by atoms with van der Waals surface area (Å²) in [6.07, 6.45) is 1.62. The number of halogens is 1. The van der Waals surface area contributed by atoms with Gasteiger partial charge in [0.05, 0.1) is 16.4 Å². The zero-order chi connectivity index (χ0) is 9.14. The highest BCUT2D eigenvalue weighted by molar-refractivity contribution is 6.33. The predicted molar refractivity (Wildman–Crippen MR) is 51.5 cm³/mol. The molecular weight excluding hydrogens is 174 g/mol. The van der Waals surface area contributed by atoms with Gasteiger partial charge in [-0.3, -0.25) is 4.98 Å². The number of aromatic nitrogens is 1. The molecule has 0 aliphatic rings. The Kier molecular flexibility index (Phi) is 2.89. The first kappa shape index (κ1) is 9.29. The number of hydrogen-bond acceptors (Lipinski definition) is 3. The van der Waals surface area contributed by atoms with Gasteiger partial charge in [-0.15, -0.1) is 0 Å². The van der Waals surface area contributed by atoms with Crippen LogP contribution in [0.15, 0.2) is 12.3 Å². The average molecular weight is 186 g/mol. The van der Waals surface area contributed by atoms with Crippen molar-refractivity contribution in [3.05, 3.63) is 23.0 Å². The third-order valence-electron chi connectivity index (χ3n) is 1.58. The van der Waals surface area contributed by atoms with E-state index in [0.29, 0.717) is 11.6 Å². The Morgan fingerprint density at radius 1 is 1.58 bits per heavy atom. The van der Waals surface area contributed by atoms with Crippen molar-refractivity contribution in [1.29, 1.82) is 0 Å². The van der Waals surface area contributed by atoms with Crippen molar-refractivity contribution in [2.45, 2.75) is 6.54 Å². The molecule has 0 saturated carbocycles. The van der Waals surface area contributed by atoms with Gasteiger partial charge in [0.15, 0.2) is 0 Å². The molecule has 2 N–H and O–H groups in total. The van der Waals surface area contributed by atoms with Gasteiger partial charge < -0.3 is 10.6 Å². The van der Waals surface area contributed by atoms with Crippen LogP contribution in [-0.2, 0) is 6.54 Å². The molecule has 1 aromatic heterocycles. The molecule has 4 heteroatoms. The molecule has 12 heavy (non-hydrogen) atoms. The van der Waals surface area contributed by atoms with Crippen molar-refractivity contribution in [3.8, 4) is 0 Å². The smallest absolute Gasteiger partial charge is 0.0822 e. The Labute approximate surface area is 77.1 Å². The Balaban J connectivity index is 3.08. The first-order valence-corrected chi connectivity index (χ1v) is 4.04. The summed E-state index contributed by atoms with van der Waals surface area (Å²) in [5.41, 5.74) is 7.25. The summed E-state index contributed by atoms with van der Waals surface area (Å²) in [5, 5.41) is 0.650. The van der Waals surface area contributed by atoms with Gasteiger partial charge in [0.1, 0.15) is 0 Å². The summed E-state index contributed by atoms with van der Waals surface area (Å²) in [4.78, 5) is 5.99. The molecule has 0 amide bonds. The van der Waals surface area contributed by atoms with E-state index in [1.165, 1.54) is 0 Å². The normalized spacial score (nSPS) is 10.0. The van der Waals surface area contributed by atoms with E-state index < -0.39 is 0 Å². The highest BCUT2D eigenvalue weighted by Gasteiger charge is 2.03. The molecule has 0 atom stereocenters.